The molecule has 3 aromatic carbocycles. The number of aromatic nitrogens is 2. The van der Waals surface area contributed by atoms with E-state index in [9.17, 15) is 29.4 Å². The number of aryl methyl sites for hydroxylation is 2. The zero-order valence-electron chi connectivity index (χ0n) is 27.7. The molecule has 0 saturated carbocycles. The molecule has 12 heteroatoms. The van der Waals surface area contributed by atoms with Crippen molar-refractivity contribution in [2.45, 2.75) is 64.0 Å². The van der Waals surface area contributed by atoms with Crippen LogP contribution in [0, 0.1) is 0 Å². The third-order valence-electron chi connectivity index (χ3n) is 8.21. The van der Waals surface area contributed by atoms with Gasteiger partial charge in [0.2, 0.25) is 11.8 Å². The molecule has 0 fully saturated rings. The van der Waals surface area contributed by atoms with Gasteiger partial charge in [0.1, 0.15) is 15.6 Å². The predicted molar refractivity (Wildman–Crippen MR) is 194 cm³/mol. The molecule has 0 radical (unpaired) electrons. The van der Waals surface area contributed by atoms with Gasteiger partial charge in [-0.1, -0.05) is 92.2 Å². The van der Waals surface area contributed by atoms with Crippen LogP contribution in [-0.4, -0.2) is 49.5 Å². The number of carbonyl (C=O) groups excluding carboxylic acids is 2. The van der Waals surface area contributed by atoms with Crippen LogP contribution < -0.4 is 10.6 Å². The molecule has 2 atom stereocenters. The Balaban J connectivity index is 1.11. The van der Waals surface area contributed by atoms with Crippen molar-refractivity contribution in [2.24, 2.45) is 0 Å². The second-order valence-electron chi connectivity index (χ2n) is 12.2. The molecular formula is C38H38N4O6S2. The highest BCUT2D eigenvalue weighted by atomic mass is 32.1. The Kier molecular flexibility index (Phi) is 11.9. The lowest BCUT2D eigenvalue weighted by atomic mass is 9.96. The number of carboxylic acid groups (broad SMARTS) is 2. The molecular weight excluding hydrogens is 673 g/mol. The predicted octanol–water partition coefficient (Wildman–Crippen LogP) is 6.51. The minimum atomic E-state index is -1.30. The van der Waals surface area contributed by atoms with Crippen LogP contribution in [-0.2, 0) is 44.9 Å². The van der Waals surface area contributed by atoms with Crippen molar-refractivity contribution in [3.63, 3.8) is 0 Å². The van der Waals surface area contributed by atoms with Crippen molar-refractivity contribution in [1.82, 2.24) is 20.6 Å². The van der Waals surface area contributed by atoms with Crippen LogP contribution in [0.2, 0.25) is 0 Å². The third-order valence-corrected chi connectivity index (χ3v) is 10.1. The van der Waals surface area contributed by atoms with Gasteiger partial charge in [-0.15, -0.1) is 22.7 Å². The summed E-state index contributed by atoms with van der Waals surface area (Å²) in [4.78, 5) is 57.8. The Bertz CT molecular complexity index is 1940. The molecule has 0 aliphatic rings. The Morgan fingerprint density at radius 2 is 1.24 bits per heavy atom. The van der Waals surface area contributed by atoms with E-state index < -0.39 is 29.4 Å². The fourth-order valence-corrected chi connectivity index (χ4v) is 7.16. The highest BCUT2D eigenvalue weighted by Crippen LogP contribution is 2.27. The number of benzene rings is 3. The van der Waals surface area contributed by atoms with E-state index in [-0.39, 0.29) is 18.7 Å². The van der Waals surface area contributed by atoms with Crippen LogP contribution >= 0.6 is 22.7 Å². The first kappa shape index (κ1) is 36.1. The van der Waals surface area contributed by atoms with E-state index >= 15 is 0 Å². The average Bonchev–Trinajstić information content (AvgIpc) is 3.77. The maximum atomic E-state index is 12.6. The van der Waals surface area contributed by atoms with Gasteiger partial charge in [-0.3, -0.25) is 9.59 Å². The first-order valence-electron chi connectivity index (χ1n) is 16.2. The van der Waals surface area contributed by atoms with Gasteiger partial charge in [-0.05, 0) is 42.9 Å². The summed E-state index contributed by atoms with van der Waals surface area (Å²) in [6.07, 6.45) is 2.68. The summed E-state index contributed by atoms with van der Waals surface area (Å²) in [5, 5.41) is 29.6. The lowest BCUT2D eigenvalue weighted by Gasteiger charge is -2.25. The molecule has 5 rings (SSSR count). The minimum absolute atomic E-state index is 0.0158. The van der Waals surface area contributed by atoms with Crippen molar-refractivity contribution in [1.29, 1.82) is 0 Å². The summed E-state index contributed by atoms with van der Waals surface area (Å²) in [6.45, 7) is 3.41. The molecule has 2 heterocycles. The first-order valence-corrected chi connectivity index (χ1v) is 18.0. The van der Waals surface area contributed by atoms with Crippen molar-refractivity contribution in [3.05, 3.63) is 118 Å². The Hall–Kier alpha value is -5.20. The number of hydrogen-bond acceptors (Lipinski definition) is 8. The lowest BCUT2D eigenvalue weighted by molar-refractivity contribution is -0.147. The normalized spacial score (nSPS) is 12.8. The van der Waals surface area contributed by atoms with Crippen LogP contribution in [0.4, 0.5) is 0 Å². The van der Waals surface area contributed by atoms with E-state index in [0.717, 1.165) is 34.0 Å². The van der Waals surface area contributed by atoms with E-state index in [4.69, 9.17) is 0 Å². The van der Waals surface area contributed by atoms with Gasteiger partial charge in [-0.2, -0.15) is 0 Å². The zero-order chi connectivity index (χ0) is 35.7. The molecule has 50 heavy (non-hydrogen) atoms. The Morgan fingerprint density at radius 3 is 1.70 bits per heavy atom. The number of aliphatic carboxylic acids is 2. The molecule has 0 bridgehead atoms. The fraction of sp³-hybridized carbons (Fsp3) is 0.263. The number of hydrogen-bond donors (Lipinski definition) is 4. The van der Waals surface area contributed by atoms with Crippen LogP contribution in [0.1, 0.15) is 60.8 Å². The number of carboxylic acids is 2. The first-order chi connectivity index (χ1) is 24.0. The maximum Gasteiger partial charge on any atom is 0.330 e. The zero-order valence-corrected chi connectivity index (χ0v) is 29.4. The number of rotatable bonds is 16. The Labute approximate surface area is 298 Å². The molecule has 4 N–H and O–H groups in total. The van der Waals surface area contributed by atoms with E-state index in [2.05, 4.69) is 44.9 Å². The maximum absolute atomic E-state index is 12.6. The van der Waals surface area contributed by atoms with Gasteiger partial charge in [0, 0.05) is 21.9 Å². The van der Waals surface area contributed by atoms with Crippen LogP contribution in [0.15, 0.2) is 89.6 Å². The van der Waals surface area contributed by atoms with E-state index in [1.807, 2.05) is 41.9 Å². The summed E-state index contributed by atoms with van der Waals surface area (Å²) in [5.74, 6) is -2.95. The molecule has 5 aromatic rings. The highest BCUT2D eigenvalue weighted by Gasteiger charge is 2.33. The SMILES string of the molecule is CCCC(C)(NC(=O)Cc1csc(-c2ccc(CCc3ccc(-c4nc(CC(=O)NC(C(=O)O)c5ccccc5)cs4)cc3)cc2)n1)C(=O)O. The van der Waals surface area contributed by atoms with E-state index in [1.165, 1.54) is 40.7 Å². The summed E-state index contributed by atoms with van der Waals surface area (Å²) in [5.41, 5.74) is 4.65. The van der Waals surface area contributed by atoms with Gasteiger partial charge in [-0.25, -0.2) is 19.6 Å². The average molecular weight is 711 g/mol. The molecule has 258 valence electrons. The summed E-state index contributed by atoms with van der Waals surface area (Å²) in [7, 11) is 0. The second kappa shape index (κ2) is 16.5. The van der Waals surface area contributed by atoms with E-state index in [1.54, 1.807) is 30.3 Å². The summed E-state index contributed by atoms with van der Waals surface area (Å²) in [6, 6.07) is 23.8. The highest BCUT2D eigenvalue weighted by molar-refractivity contribution is 7.13. The molecule has 2 amide bonds. The van der Waals surface area contributed by atoms with Gasteiger partial charge < -0.3 is 20.8 Å². The van der Waals surface area contributed by atoms with Gasteiger partial charge >= 0.3 is 11.9 Å². The van der Waals surface area contributed by atoms with Crippen LogP contribution in [0.3, 0.4) is 0 Å². The molecule has 0 aliphatic heterocycles. The molecule has 0 saturated heterocycles. The number of amides is 2. The molecule has 10 nitrogen and oxygen atoms in total. The smallest absolute Gasteiger partial charge is 0.330 e. The quantitative estimate of drug-likeness (QED) is 0.0903. The standard InChI is InChI=1S/C38H38N4O6S2/c1-3-19-38(2,37(47)48)42-32(44)21-30-23-50-35(40-30)28-17-13-25(14-18-28)10-9-24-11-15-27(16-12-24)34-39-29(22-49-34)20-31(43)41-33(36(45)46)26-7-5-4-6-8-26/h4-8,11-18,22-23,33H,3,9-10,19-21H2,1-2H3,(H,41,43)(H,42,44)(H,45,46)(H,47,48). The lowest BCUT2D eigenvalue weighted by Crippen LogP contribution is -2.52. The van der Waals surface area contributed by atoms with Crippen LogP contribution in [0.25, 0.3) is 21.1 Å². The van der Waals surface area contributed by atoms with Gasteiger partial charge in [0.05, 0.1) is 24.2 Å². The molecule has 0 spiro atoms. The van der Waals surface area contributed by atoms with Crippen molar-refractivity contribution in [3.8, 4) is 21.1 Å². The molecule has 2 unspecified atom stereocenters. The van der Waals surface area contributed by atoms with E-state index in [0.29, 0.717) is 29.8 Å². The number of carbonyl (C=O) groups is 4. The summed E-state index contributed by atoms with van der Waals surface area (Å²) >= 11 is 2.89. The Morgan fingerprint density at radius 1 is 0.740 bits per heavy atom. The fourth-order valence-electron chi connectivity index (χ4n) is 5.51. The monoisotopic (exact) mass is 710 g/mol. The van der Waals surface area contributed by atoms with Crippen LogP contribution in [0.5, 0.6) is 0 Å². The number of nitrogens with zero attached hydrogens (tertiary/aromatic N) is 2. The van der Waals surface area contributed by atoms with Gasteiger partial charge in [0.25, 0.3) is 0 Å². The minimum Gasteiger partial charge on any atom is -0.480 e. The second-order valence-corrected chi connectivity index (χ2v) is 13.9. The summed E-state index contributed by atoms with van der Waals surface area (Å²) < 4.78 is 0. The van der Waals surface area contributed by atoms with Gasteiger partial charge in [0.15, 0.2) is 6.04 Å². The number of nitrogens with one attached hydrogen (secondary N) is 2. The topological polar surface area (TPSA) is 159 Å². The third kappa shape index (κ3) is 9.48. The molecule has 2 aromatic heterocycles. The largest absolute Gasteiger partial charge is 0.480 e. The van der Waals surface area contributed by atoms with Crippen molar-refractivity contribution >= 4 is 46.4 Å². The number of thiazole rings is 2. The van der Waals surface area contributed by atoms with Crippen molar-refractivity contribution in [2.75, 3.05) is 0 Å². The molecule has 0 aliphatic carbocycles. The van der Waals surface area contributed by atoms with Crippen molar-refractivity contribution < 1.29 is 29.4 Å².